The summed E-state index contributed by atoms with van der Waals surface area (Å²) < 4.78 is 9.10. The van der Waals surface area contributed by atoms with Crippen LogP contribution in [-0.2, 0) is 13.6 Å². The first-order valence-electron chi connectivity index (χ1n) is 11.2. The van der Waals surface area contributed by atoms with Gasteiger partial charge in [-0.3, -0.25) is 14.2 Å². The van der Waals surface area contributed by atoms with Gasteiger partial charge in [0.2, 0.25) is 5.95 Å². The Morgan fingerprint density at radius 3 is 2.72 bits per heavy atom. The van der Waals surface area contributed by atoms with Crippen LogP contribution in [0.15, 0.2) is 43.1 Å². The van der Waals surface area contributed by atoms with Crippen LogP contribution in [0.2, 0.25) is 0 Å². The van der Waals surface area contributed by atoms with Crippen molar-refractivity contribution in [3.63, 3.8) is 0 Å². The monoisotopic (exact) mass is 491 g/mol. The van der Waals surface area contributed by atoms with Crippen LogP contribution in [0, 0.1) is 0 Å². The minimum absolute atomic E-state index is 0.128. The van der Waals surface area contributed by atoms with Crippen molar-refractivity contribution >= 4 is 29.0 Å². The lowest BCUT2D eigenvalue weighted by molar-refractivity contribution is 0.100. The van der Waals surface area contributed by atoms with Gasteiger partial charge in [0.1, 0.15) is 17.7 Å². The third-order valence-corrected chi connectivity index (χ3v) is 5.25. The van der Waals surface area contributed by atoms with Crippen LogP contribution < -0.4 is 21.1 Å². The van der Waals surface area contributed by atoms with Crippen molar-refractivity contribution in [2.75, 3.05) is 38.4 Å². The van der Waals surface area contributed by atoms with Crippen LogP contribution in [-0.4, -0.2) is 73.1 Å². The molecule has 0 spiro atoms. The highest BCUT2D eigenvalue weighted by molar-refractivity contribution is 5.98. The molecule has 0 fully saturated rings. The molecule has 1 amide bonds. The Morgan fingerprint density at radius 1 is 1.19 bits per heavy atom. The molecule has 0 aliphatic rings. The summed E-state index contributed by atoms with van der Waals surface area (Å²) in [5.41, 5.74) is 7.67. The molecule has 0 radical (unpaired) electrons. The molecule has 4 aromatic rings. The van der Waals surface area contributed by atoms with Gasteiger partial charge in [-0.15, -0.1) is 0 Å². The number of anilines is 4. The van der Waals surface area contributed by atoms with Gasteiger partial charge in [-0.05, 0) is 39.2 Å². The summed E-state index contributed by atoms with van der Waals surface area (Å²) in [7, 11) is 7.41. The Hall–Kier alpha value is -4.52. The standard InChI is InChI=1S/C23H29N11O2/c1-32(2)9-6-10-34-13-15(11-27-34)28-23-25-12-17(20(24)35)22(30-23)29-18-8-5-7-16(19(18)36-4)21-26-14-33(3)31-21/h5,7-8,11-14H,6,9-10H2,1-4H3,(H2,24,35)(H2,25,28,29,30). The molecule has 36 heavy (non-hydrogen) atoms. The number of para-hydroxylation sites is 1. The topological polar surface area (TPSA) is 154 Å². The quantitative estimate of drug-likeness (QED) is 0.284. The number of primary amides is 1. The Labute approximate surface area is 208 Å². The average molecular weight is 492 g/mol. The minimum atomic E-state index is -0.667. The van der Waals surface area contributed by atoms with Crippen LogP contribution in [0.25, 0.3) is 11.4 Å². The summed E-state index contributed by atoms with van der Waals surface area (Å²) in [6.07, 6.45) is 7.52. The molecular weight excluding hydrogens is 462 g/mol. The summed E-state index contributed by atoms with van der Waals surface area (Å²) >= 11 is 0. The van der Waals surface area contributed by atoms with Crippen LogP contribution in [0.3, 0.4) is 0 Å². The molecule has 0 unspecified atom stereocenters. The van der Waals surface area contributed by atoms with Crippen molar-refractivity contribution in [1.29, 1.82) is 0 Å². The highest BCUT2D eigenvalue weighted by atomic mass is 16.5. The number of aromatic nitrogens is 7. The molecule has 0 aliphatic heterocycles. The Bertz CT molecular complexity index is 1350. The first-order chi connectivity index (χ1) is 17.3. The number of hydrogen-bond acceptors (Lipinski definition) is 10. The molecule has 13 heteroatoms. The van der Waals surface area contributed by atoms with E-state index in [2.05, 4.69) is 40.7 Å². The fourth-order valence-electron chi connectivity index (χ4n) is 3.57. The van der Waals surface area contributed by atoms with Gasteiger partial charge in [0.05, 0.1) is 30.2 Å². The number of nitrogens with zero attached hydrogens (tertiary/aromatic N) is 8. The molecule has 0 saturated heterocycles. The zero-order valence-electron chi connectivity index (χ0n) is 20.6. The van der Waals surface area contributed by atoms with Gasteiger partial charge in [-0.2, -0.15) is 15.2 Å². The maximum absolute atomic E-state index is 12.1. The summed E-state index contributed by atoms with van der Waals surface area (Å²) in [6, 6.07) is 5.46. The second kappa shape index (κ2) is 10.8. The van der Waals surface area contributed by atoms with Gasteiger partial charge < -0.3 is 26.0 Å². The number of nitrogens with one attached hydrogen (secondary N) is 2. The second-order valence-electron chi connectivity index (χ2n) is 8.35. The zero-order chi connectivity index (χ0) is 25.7. The highest BCUT2D eigenvalue weighted by Crippen LogP contribution is 2.36. The largest absolute Gasteiger partial charge is 0.494 e. The number of benzene rings is 1. The average Bonchev–Trinajstić information content (AvgIpc) is 3.47. The third-order valence-electron chi connectivity index (χ3n) is 5.25. The van der Waals surface area contributed by atoms with Crippen molar-refractivity contribution in [3.05, 3.63) is 48.7 Å². The third kappa shape index (κ3) is 5.75. The fraction of sp³-hybridized carbons (Fsp3) is 0.304. The molecule has 188 valence electrons. The predicted octanol–water partition coefficient (Wildman–Crippen LogP) is 2.01. The van der Waals surface area contributed by atoms with Crippen molar-refractivity contribution < 1.29 is 9.53 Å². The Morgan fingerprint density at radius 2 is 2.03 bits per heavy atom. The van der Waals surface area contributed by atoms with Gasteiger partial charge >= 0.3 is 0 Å². The van der Waals surface area contributed by atoms with Crippen LogP contribution in [0.5, 0.6) is 5.75 Å². The van der Waals surface area contributed by atoms with Gasteiger partial charge in [-0.25, -0.2) is 9.97 Å². The summed E-state index contributed by atoms with van der Waals surface area (Å²) in [4.78, 5) is 27.3. The Balaban J connectivity index is 1.59. The normalized spacial score (nSPS) is 11.0. The number of ether oxygens (including phenoxy) is 1. The smallest absolute Gasteiger partial charge is 0.254 e. The van der Waals surface area contributed by atoms with Gasteiger partial charge in [0.25, 0.3) is 5.91 Å². The van der Waals surface area contributed by atoms with Crippen LogP contribution in [0.4, 0.5) is 23.1 Å². The first kappa shape index (κ1) is 24.6. The number of rotatable bonds is 11. The molecule has 13 nitrogen and oxygen atoms in total. The van der Waals surface area contributed by atoms with E-state index in [1.165, 1.54) is 6.20 Å². The predicted molar refractivity (Wildman–Crippen MR) is 136 cm³/mol. The molecule has 0 aliphatic carbocycles. The number of carbonyl (C=O) groups excluding carboxylic acids is 1. The molecule has 0 atom stereocenters. The van der Waals surface area contributed by atoms with Crippen LogP contribution in [0.1, 0.15) is 16.8 Å². The highest BCUT2D eigenvalue weighted by Gasteiger charge is 2.18. The lowest BCUT2D eigenvalue weighted by Gasteiger charge is -2.15. The van der Waals surface area contributed by atoms with Gasteiger partial charge in [0.15, 0.2) is 11.6 Å². The maximum atomic E-state index is 12.1. The number of amides is 1. The summed E-state index contributed by atoms with van der Waals surface area (Å²) in [6.45, 7) is 1.76. The lowest BCUT2D eigenvalue weighted by atomic mass is 10.1. The second-order valence-corrected chi connectivity index (χ2v) is 8.35. The number of aryl methyl sites for hydroxylation is 2. The van der Waals surface area contributed by atoms with E-state index in [9.17, 15) is 4.79 Å². The number of methoxy groups -OCH3 is 1. The molecule has 3 heterocycles. The molecule has 0 saturated carbocycles. The van der Waals surface area contributed by atoms with Gasteiger partial charge in [0, 0.05) is 26.0 Å². The molecular formula is C23H29N11O2. The Kier molecular flexibility index (Phi) is 7.39. The van der Waals surface area contributed by atoms with E-state index in [1.54, 1.807) is 37.4 Å². The number of nitrogens with two attached hydrogens (primary N) is 1. The molecule has 4 rings (SSSR count). The zero-order valence-corrected chi connectivity index (χ0v) is 20.6. The van der Waals surface area contributed by atoms with E-state index >= 15 is 0 Å². The molecule has 4 N–H and O–H groups in total. The number of carbonyl (C=O) groups is 1. The van der Waals surface area contributed by atoms with E-state index in [4.69, 9.17) is 10.5 Å². The van der Waals surface area contributed by atoms with Crippen LogP contribution >= 0.6 is 0 Å². The van der Waals surface area contributed by atoms with Crippen molar-refractivity contribution in [2.45, 2.75) is 13.0 Å². The maximum Gasteiger partial charge on any atom is 0.254 e. The van der Waals surface area contributed by atoms with Crippen molar-refractivity contribution in [3.8, 4) is 17.1 Å². The lowest BCUT2D eigenvalue weighted by Crippen LogP contribution is -2.16. The van der Waals surface area contributed by atoms with E-state index in [1.807, 2.05) is 37.1 Å². The molecule has 3 aromatic heterocycles. The molecule has 1 aromatic carbocycles. The fourth-order valence-corrected chi connectivity index (χ4v) is 3.57. The summed E-state index contributed by atoms with van der Waals surface area (Å²) in [5, 5.41) is 15.0. The molecule has 0 bridgehead atoms. The SMILES string of the molecule is COc1c(Nc2nc(Nc3cnn(CCCN(C)C)c3)ncc2C(N)=O)cccc1-c1ncn(C)n1. The van der Waals surface area contributed by atoms with E-state index in [0.29, 0.717) is 22.8 Å². The van der Waals surface area contributed by atoms with E-state index < -0.39 is 5.91 Å². The minimum Gasteiger partial charge on any atom is -0.494 e. The first-order valence-corrected chi connectivity index (χ1v) is 11.2. The number of hydrogen-bond donors (Lipinski definition) is 3. The van der Waals surface area contributed by atoms with E-state index in [0.717, 1.165) is 25.2 Å². The van der Waals surface area contributed by atoms with E-state index in [-0.39, 0.29) is 17.3 Å². The van der Waals surface area contributed by atoms with Crippen molar-refractivity contribution in [1.82, 2.24) is 39.4 Å². The summed E-state index contributed by atoms with van der Waals surface area (Å²) in [5.74, 6) is 0.825. The van der Waals surface area contributed by atoms with Crippen molar-refractivity contribution in [2.24, 2.45) is 12.8 Å². The van der Waals surface area contributed by atoms with Gasteiger partial charge in [-0.1, -0.05) is 6.07 Å².